The van der Waals surface area contributed by atoms with Gasteiger partial charge >= 0.3 is 0 Å². The number of hydrogen-bond donors (Lipinski definition) is 1. The summed E-state index contributed by atoms with van der Waals surface area (Å²) in [6, 6.07) is 17.4. The number of rotatable bonds is 4. The van der Waals surface area contributed by atoms with Crippen LogP contribution in [0.4, 0.5) is 5.69 Å². The van der Waals surface area contributed by atoms with Gasteiger partial charge in [-0.2, -0.15) is 0 Å². The molecule has 0 aromatic heterocycles. The Morgan fingerprint density at radius 1 is 1.14 bits per heavy atom. The van der Waals surface area contributed by atoms with E-state index in [4.69, 9.17) is 11.6 Å². The molecule has 2 aromatic carbocycles. The van der Waals surface area contributed by atoms with Crippen molar-refractivity contribution >= 4 is 23.2 Å². The maximum absolute atomic E-state index is 12.1. The van der Waals surface area contributed by atoms with E-state index in [1.807, 2.05) is 6.07 Å². The zero-order chi connectivity index (χ0) is 15.4. The van der Waals surface area contributed by atoms with Crippen LogP contribution in [-0.4, -0.2) is 25.5 Å². The summed E-state index contributed by atoms with van der Waals surface area (Å²) in [6.45, 7) is 2.75. The van der Waals surface area contributed by atoms with Crippen LogP contribution in [0.25, 0.3) is 0 Å². The first-order valence-corrected chi connectivity index (χ1v) is 7.94. The summed E-state index contributed by atoms with van der Waals surface area (Å²) in [5, 5.41) is 3.67. The van der Waals surface area contributed by atoms with Crippen molar-refractivity contribution in [3.8, 4) is 0 Å². The lowest BCUT2D eigenvalue weighted by Crippen LogP contribution is -2.31. The van der Waals surface area contributed by atoms with E-state index in [1.54, 1.807) is 24.3 Å². The highest BCUT2D eigenvalue weighted by atomic mass is 35.5. The first-order valence-electron chi connectivity index (χ1n) is 7.56. The molecule has 0 aliphatic carbocycles. The van der Waals surface area contributed by atoms with Crippen LogP contribution in [0.15, 0.2) is 54.6 Å². The Morgan fingerprint density at radius 3 is 2.59 bits per heavy atom. The van der Waals surface area contributed by atoms with E-state index in [0.29, 0.717) is 23.0 Å². The van der Waals surface area contributed by atoms with Crippen molar-refractivity contribution in [2.45, 2.75) is 6.42 Å². The summed E-state index contributed by atoms with van der Waals surface area (Å²) < 4.78 is 0. The van der Waals surface area contributed by atoms with Gasteiger partial charge in [0.1, 0.15) is 0 Å². The third-order valence-corrected chi connectivity index (χ3v) is 4.32. The van der Waals surface area contributed by atoms with Crippen LogP contribution in [-0.2, 0) is 0 Å². The van der Waals surface area contributed by atoms with Gasteiger partial charge in [0.05, 0.1) is 0 Å². The third kappa shape index (κ3) is 3.60. The van der Waals surface area contributed by atoms with Crippen molar-refractivity contribution in [3.05, 3.63) is 65.2 Å². The molecule has 0 saturated carbocycles. The zero-order valence-electron chi connectivity index (χ0n) is 12.3. The highest BCUT2D eigenvalue weighted by Crippen LogP contribution is 2.23. The number of anilines is 1. The van der Waals surface area contributed by atoms with Crippen LogP contribution in [0, 0.1) is 5.92 Å². The molecule has 114 valence electrons. The molecule has 1 atom stereocenters. The molecule has 1 aliphatic heterocycles. The minimum absolute atomic E-state index is 0.0326. The van der Waals surface area contributed by atoms with Gasteiger partial charge in [-0.25, -0.2) is 0 Å². The summed E-state index contributed by atoms with van der Waals surface area (Å²) in [4.78, 5) is 14.5. The fourth-order valence-corrected chi connectivity index (χ4v) is 2.94. The molecule has 0 spiro atoms. The lowest BCUT2D eigenvalue weighted by atomic mass is 10.1. The van der Waals surface area contributed by atoms with Crippen LogP contribution < -0.4 is 10.2 Å². The van der Waals surface area contributed by atoms with Crippen LogP contribution in [0.1, 0.15) is 16.8 Å². The molecule has 2 aromatic rings. The molecular weight excluding hydrogens is 296 g/mol. The second-order valence-electron chi connectivity index (χ2n) is 5.65. The van der Waals surface area contributed by atoms with Gasteiger partial charge in [0, 0.05) is 35.9 Å². The van der Waals surface area contributed by atoms with E-state index in [1.165, 1.54) is 5.69 Å². The van der Waals surface area contributed by atoms with Gasteiger partial charge in [0.25, 0.3) is 5.91 Å². The summed E-state index contributed by atoms with van der Waals surface area (Å²) in [7, 11) is 0. The minimum atomic E-state index is -0.0326. The number of nitrogens with one attached hydrogen (secondary N) is 1. The van der Waals surface area contributed by atoms with E-state index in [2.05, 4.69) is 34.5 Å². The molecule has 4 heteroatoms. The van der Waals surface area contributed by atoms with E-state index >= 15 is 0 Å². The molecule has 1 aliphatic rings. The number of halogens is 1. The Balaban J connectivity index is 1.50. The summed E-state index contributed by atoms with van der Waals surface area (Å²) >= 11 is 5.83. The maximum atomic E-state index is 12.1. The standard InChI is InChI=1S/C18H19ClN2O/c19-16-8-6-15(7-9-16)18(22)20-12-14-10-11-21(13-14)17-4-2-1-3-5-17/h1-9,14H,10-13H2,(H,20,22)/t14-/m0/s1. The molecule has 1 amide bonds. The van der Waals surface area contributed by atoms with Gasteiger partial charge < -0.3 is 10.2 Å². The molecule has 1 N–H and O–H groups in total. The number of para-hydroxylation sites is 1. The monoisotopic (exact) mass is 314 g/mol. The van der Waals surface area contributed by atoms with Gasteiger partial charge in [0.2, 0.25) is 0 Å². The molecule has 0 unspecified atom stereocenters. The highest BCUT2D eigenvalue weighted by Gasteiger charge is 2.23. The van der Waals surface area contributed by atoms with Crippen LogP contribution in [0.2, 0.25) is 5.02 Å². The summed E-state index contributed by atoms with van der Waals surface area (Å²) in [5.41, 5.74) is 1.91. The largest absolute Gasteiger partial charge is 0.371 e. The Labute approximate surface area is 135 Å². The first kappa shape index (κ1) is 14.9. The normalized spacial score (nSPS) is 17.5. The van der Waals surface area contributed by atoms with Gasteiger partial charge in [-0.05, 0) is 48.7 Å². The summed E-state index contributed by atoms with van der Waals surface area (Å²) in [5.74, 6) is 0.464. The van der Waals surface area contributed by atoms with Crippen molar-refractivity contribution < 1.29 is 4.79 Å². The number of carbonyl (C=O) groups excluding carboxylic acids is 1. The Kier molecular flexibility index (Phi) is 4.64. The third-order valence-electron chi connectivity index (χ3n) is 4.06. The molecule has 1 saturated heterocycles. The van der Waals surface area contributed by atoms with Gasteiger partial charge in [-0.3, -0.25) is 4.79 Å². The number of benzene rings is 2. The van der Waals surface area contributed by atoms with Crippen molar-refractivity contribution in [1.29, 1.82) is 0 Å². The van der Waals surface area contributed by atoms with E-state index in [9.17, 15) is 4.79 Å². The van der Waals surface area contributed by atoms with Crippen molar-refractivity contribution in [1.82, 2.24) is 5.32 Å². The molecule has 0 bridgehead atoms. The maximum Gasteiger partial charge on any atom is 0.251 e. The Hall–Kier alpha value is -2.00. The smallest absolute Gasteiger partial charge is 0.251 e. The number of hydrogen-bond acceptors (Lipinski definition) is 2. The SMILES string of the molecule is O=C(NC[C@@H]1CCN(c2ccccc2)C1)c1ccc(Cl)cc1. The fraction of sp³-hybridized carbons (Fsp3) is 0.278. The van der Waals surface area contributed by atoms with Crippen molar-refractivity contribution in [2.24, 2.45) is 5.92 Å². The Bertz CT molecular complexity index is 627. The zero-order valence-corrected chi connectivity index (χ0v) is 13.1. The van der Waals surface area contributed by atoms with Gasteiger partial charge in [0.15, 0.2) is 0 Å². The lowest BCUT2D eigenvalue weighted by Gasteiger charge is -2.18. The Morgan fingerprint density at radius 2 is 1.86 bits per heavy atom. The minimum Gasteiger partial charge on any atom is -0.371 e. The second-order valence-corrected chi connectivity index (χ2v) is 6.09. The molecular formula is C18H19ClN2O. The van der Waals surface area contributed by atoms with Crippen LogP contribution >= 0.6 is 11.6 Å². The number of carbonyl (C=O) groups is 1. The van der Waals surface area contributed by atoms with E-state index in [0.717, 1.165) is 19.5 Å². The molecule has 1 heterocycles. The molecule has 22 heavy (non-hydrogen) atoms. The summed E-state index contributed by atoms with van der Waals surface area (Å²) in [6.07, 6.45) is 1.11. The van der Waals surface area contributed by atoms with Crippen molar-refractivity contribution in [3.63, 3.8) is 0 Å². The molecule has 3 nitrogen and oxygen atoms in total. The molecule has 0 radical (unpaired) electrons. The first-order chi connectivity index (χ1) is 10.7. The van der Waals surface area contributed by atoms with Crippen LogP contribution in [0.5, 0.6) is 0 Å². The highest BCUT2D eigenvalue weighted by molar-refractivity contribution is 6.30. The van der Waals surface area contributed by atoms with E-state index in [-0.39, 0.29) is 5.91 Å². The van der Waals surface area contributed by atoms with E-state index < -0.39 is 0 Å². The average Bonchev–Trinajstić information content (AvgIpc) is 3.03. The predicted molar refractivity (Wildman–Crippen MR) is 90.5 cm³/mol. The molecule has 1 fully saturated rings. The lowest BCUT2D eigenvalue weighted by molar-refractivity contribution is 0.0948. The topological polar surface area (TPSA) is 32.3 Å². The number of nitrogens with zero attached hydrogens (tertiary/aromatic N) is 1. The van der Waals surface area contributed by atoms with Crippen LogP contribution in [0.3, 0.4) is 0 Å². The van der Waals surface area contributed by atoms with Crippen molar-refractivity contribution in [2.75, 3.05) is 24.5 Å². The van der Waals surface area contributed by atoms with Gasteiger partial charge in [-0.15, -0.1) is 0 Å². The van der Waals surface area contributed by atoms with Gasteiger partial charge in [-0.1, -0.05) is 29.8 Å². The average molecular weight is 315 g/mol. The molecule has 3 rings (SSSR count). The predicted octanol–water partition coefficient (Wildman–Crippen LogP) is 3.60. The fourth-order valence-electron chi connectivity index (χ4n) is 2.81. The quantitative estimate of drug-likeness (QED) is 0.935. The second kappa shape index (κ2) is 6.84. The number of amides is 1.